The zero-order chi connectivity index (χ0) is 9.61. The molecule has 0 aromatic rings. The summed E-state index contributed by atoms with van der Waals surface area (Å²) in [6.45, 7) is 6.25. The molecule has 2 nitrogen and oxygen atoms in total. The molecule has 12 heavy (non-hydrogen) atoms. The average Bonchev–Trinajstić information content (AvgIpc) is 2.05. The van der Waals surface area contributed by atoms with Gasteiger partial charge in [-0.15, -0.1) is 0 Å². The van der Waals surface area contributed by atoms with Crippen molar-refractivity contribution in [2.45, 2.75) is 45.6 Å². The van der Waals surface area contributed by atoms with Crippen LogP contribution in [0.1, 0.15) is 40.0 Å². The summed E-state index contributed by atoms with van der Waals surface area (Å²) in [6, 6.07) is 0. The molecule has 0 unspecified atom stereocenters. The molecule has 0 saturated heterocycles. The highest BCUT2D eigenvalue weighted by atomic mass is 32.1. The molecule has 0 aliphatic heterocycles. The molecule has 1 amide bonds. The molecule has 0 spiro atoms. The molecule has 1 N–H and O–H groups in total. The van der Waals surface area contributed by atoms with Gasteiger partial charge in [0, 0.05) is 12.0 Å². The van der Waals surface area contributed by atoms with E-state index >= 15 is 0 Å². The largest absolute Gasteiger partial charge is 0.351 e. The second-order valence-electron chi connectivity index (χ2n) is 3.29. The third-order valence-electron chi connectivity index (χ3n) is 2.34. The van der Waals surface area contributed by atoms with Gasteiger partial charge in [0.15, 0.2) is 0 Å². The van der Waals surface area contributed by atoms with Crippen LogP contribution in [0.4, 0.5) is 0 Å². The molecule has 0 aliphatic carbocycles. The maximum atomic E-state index is 11.2. The highest BCUT2D eigenvalue weighted by Crippen LogP contribution is 2.13. The zero-order valence-electron chi connectivity index (χ0n) is 8.18. The van der Waals surface area contributed by atoms with Crippen LogP contribution in [-0.2, 0) is 4.79 Å². The molecule has 0 heterocycles. The molecule has 0 aromatic carbocycles. The van der Waals surface area contributed by atoms with Crippen molar-refractivity contribution >= 4 is 18.5 Å². The molecule has 0 radical (unpaired) electrons. The number of hydrogen-bond acceptors (Lipinski definition) is 2. The van der Waals surface area contributed by atoms with Gasteiger partial charge in [-0.3, -0.25) is 4.79 Å². The van der Waals surface area contributed by atoms with E-state index < -0.39 is 0 Å². The predicted octanol–water partition coefficient (Wildman–Crippen LogP) is 2.00. The maximum absolute atomic E-state index is 11.2. The van der Waals surface area contributed by atoms with Gasteiger partial charge in [-0.05, 0) is 25.5 Å². The molecule has 3 heteroatoms. The first kappa shape index (κ1) is 11.8. The smallest absolute Gasteiger partial charge is 0.221 e. The van der Waals surface area contributed by atoms with E-state index in [4.69, 9.17) is 0 Å². The first-order valence-corrected chi connectivity index (χ1v) is 5.13. The summed E-state index contributed by atoms with van der Waals surface area (Å²) in [4.78, 5) is 11.2. The first-order valence-electron chi connectivity index (χ1n) is 4.50. The second kappa shape index (κ2) is 5.46. The Labute approximate surface area is 80.5 Å². The van der Waals surface area contributed by atoms with Crippen LogP contribution in [0.3, 0.4) is 0 Å². The number of amides is 1. The molecule has 0 aliphatic rings. The monoisotopic (exact) mass is 189 g/mol. The molecular weight excluding hydrogens is 170 g/mol. The fourth-order valence-corrected chi connectivity index (χ4v) is 1.13. The molecule has 0 bridgehead atoms. The van der Waals surface area contributed by atoms with Gasteiger partial charge in [-0.1, -0.05) is 13.8 Å². The Hall–Kier alpha value is -0.180. The van der Waals surface area contributed by atoms with Crippen molar-refractivity contribution in [3.63, 3.8) is 0 Å². The van der Waals surface area contributed by atoms with Gasteiger partial charge < -0.3 is 5.32 Å². The highest BCUT2D eigenvalue weighted by Gasteiger charge is 2.20. The predicted molar refractivity (Wildman–Crippen MR) is 55.6 cm³/mol. The Bertz CT molecular complexity index is 143. The van der Waals surface area contributed by atoms with Crippen LogP contribution in [0.2, 0.25) is 0 Å². The second-order valence-corrected chi connectivity index (χ2v) is 3.74. The summed E-state index contributed by atoms with van der Waals surface area (Å²) >= 11 is 4.01. The maximum Gasteiger partial charge on any atom is 0.221 e. The molecular formula is C9H19NOS. The van der Waals surface area contributed by atoms with E-state index in [2.05, 4.69) is 38.7 Å². The van der Waals surface area contributed by atoms with Crippen LogP contribution in [-0.4, -0.2) is 17.2 Å². The number of thiol groups is 1. The van der Waals surface area contributed by atoms with E-state index in [0.29, 0.717) is 12.2 Å². The Morgan fingerprint density at radius 1 is 1.42 bits per heavy atom. The topological polar surface area (TPSA) is 29.1 Å². The number of carbonyl (C=O) groups is 1. The SMILES string of the molecule is CCC(C)(CC)NC(=O)CCS. The van der Waals surface area contributed by atoms with Crippen molar-refractivity contribution in [3.8, 4) is 0 Å². The summed E-state index contributed by atoms with van der Waals surface area (Å²) in [6.07, 6.45) is 2.46. The van der Waals surface area contributed by atoms with Gasteiger partial charge in [-0.25, -0.2) is 0 Å². The van der Waals surface area contributed by atoms with Gasteiger partial charge in [0.1, 0.15) is 0 Å². The van der Waals surface area contributed by atoms with Gasteiger partial charge >= 0.3 is 0 Å². The first-order chi connectivity index (χ1) is 5.58. The lowest BCUT2D eigenvalue weighted by Crippen LogP contribution is -2.44. The van der Waals surface area contributed by atoms with E-state index in [1.54, 1.807) is 0 Å². The van der Waals surface area contributed by atoms with E-state index in [9.17, 15) is 4.79 Å². The van der Waals surface area contributed by atoms with Crippen LogP contribution in [0.25, 0.3) is 0 Å². The summed E-state index contributed by atoms with van der Waals surface area (Å²) in [5.74, 6) is 0.728. The summed E-state index contributed by atoms with van der Waals surface area (Å²) in [5.41, 5.74) is -0.0277. The van der Waals surface area contributed by atoms with Crippen LogP contribution in [0, 0.1) is 0 Å². The normalized spacial score (nSPS) is 11.3. The number of nitrogens with one attached hydrogen (secondary N) is 1. The van der Waals surface area contributed by atoms with E-state index in [1.165, 1.54) is 0 Å². The van der Waals surface area contributed by atoms with Crippen LogP contribution >= 0.6 is 12.6 Å². The third kappa shape index (κ3) is 4.00. The van der Waals surface area contributed by atoms with Gasteiger partial charge in [0.25, 0.3) is 0 Å². The van der Waals surface area contributed by atoms with Gasteiger partial charge in [0.05, 0.1) is 0 Å². The van der Waals surface area contributed by atoms with Crippen molar-refractivity contribution in [2.75, 3.05) is 5.75 Å². The Morgan fingerprint density at radius 3 is 2.25 bits per heavy atom. The van der Waals surface area contributed by atoms with Crippen molar-refractivity contribution in [1.82, 2.24) is 5.32 Å². The zero-order valence-corrected chi connectivity index (χ0v) is 9.08. The number of hydrogen-bond donors (Lipinski definition) is 2. The van der Waals surface area contributed by atoms with Crippen molar-refractivity contribution in [1.29, 1.82) is 0 Å². The number of carbonyl (C=O) groups excluding carboxylic acids is 1. The minimum Gasteiger partial charge on any atom is -0.351 e. The minimum absolute atomic E-state index is 0.0277. The van der Waals surface area contributed by atoms with Crippen LogP contribution in [0.5, 0.6) is 0 Å². The molecule has 0 rings (SSSR count). The Morgan fingerprint density at radius 2 is 1.92 bits per heavy atom. The standard InChI is InChI=1S/C9H19NOS/c1-4-9(3,5-2)10-8(11)6-7-12/h12H,4-7H2,1-3H3,(H,10,11). The summed E-state index contributed by atoms with van der Waals surface area (Å²) in [5, 5.41) is 3.01. The van der Waals surface area contributed by atoms with Crippen LogP contribution < -0.4 is 5.32 Å². The molecule has 0 fully saturated rings. The Balaban J connectivity index is 3.93. The van der Waals surface area contributed by atoms with Gasteiger partial charge in [0.2, 0.25) is 5.91 Å². The fourth-order valence-electron chi connectivity index (χ4n) is 0.927. The lowest BCUT2D eigenvalue weighted by atomic mass is 9.95. The molecule has 0 aromatic heterocycles. The lowest BCUT2D eigenvalue weighted by Gasteiger charge is -2.28. The minimum atomic E-state index is -0.0277. The summed E-state index contributed by atoms with van der Waals surface area (Å²) in [7, 11) is 0. The third-order valence-corrected chi connectivity index (χ3v) is 2.56. The number of rotatable bonds is 5. The molecule has 0 saturated carbocycles. The van der Waals surface area contributed by atoms with E-state index in [-0.39, 0.29) is 11.4 Å². The average molecular weight is 189 g/mol. The Kier molecular flexibility index (Phi) is 5.38. The summed E-state index contributed by atoms with van der Waals surface area (Å²) < 4.78 is 0. The van der Waals surface area contributed by atoms with Crippen molar-refractivity contribution in [3.05, 3.63) is 0 Å². The molecule has 72 valence electrons. The lowest BCUT2D eigenvalue weighted by molar-refractivity contribution is -0.122. The quantitative estimate of drug-likeness (QED) is 0.636. The van der Waals surface area contributed by atoms with Crippen LogP contribution in [0.15, 0.2) is 0 Å². The van der Waals surface area contributed by atoms with Crippen molar-refractivity contribution < 1.29 is 4.79 Å². The van der Waals surface area contributed by atoms with Gasteiger partial charge in [-0.2, -0.15) is 12.6 Å². The van der Waals surface area contributed by atoms with Crippen molar-refractivity contribution in [2.24, 2.45) is 0 Å². The van der Waals surface area contributed by atoms with E-state index in [1.807, 2.05) is 0 Å². The van der Waals surface area contributed by atoms with E-state index in [0.717, 1.165) is 12.8 Å². The highest BCUT2D eigenvalue weighted by molar-refractivity contribution is 7.80. The molecule has 0 atom stereocenters. The fraction of sp³-hybridized carbons (Fsp3) is 0.889.